The maximum Gasteiger partial charge on any atom is 0.0334 e. The zero-order valence-corrected chi connectivity index (χ0v) is 10.9. The van der Waals surface area contributed by atoms with E-state index < -0.39 is 0 Å². The van der Waals surface area contributed by atoms with Crippen LogP contribution in [0.2, 0.25) is 0 Å². The van der Waals surface area contributed by atoms with Crippen molar-refractivity contribution >= 4 is 0 Å². The Morgan fingerprint density at radius 2 is 2.13 bits per heavy atom. The fraction of sp³-hybridized carbons (Fsp3) is 1.00. The van der Waals surface area contributed by atoms with Gasteiger partial charge in [0.2, 0.25) is 0 Å². The highest BCUT2D eigenvalue weighted by molar-refractivity contribution is 4.96. The monoisotopic (exact) mass is 212 g/mol. The molecule has 0 aromatic carbocycles. The third-order valence-corrected chi connectivity index (χ3v) is 4.40. The molecule has 0 aromatic heterocycles. The molecule has 1 saturated carbocycles. The normalized spacial score (nSPS) is 32.6. The van der Waals surface area contributed by atoms with Gasteiger partial charge in [0.1, 0.15) is 0 Å². The van der Waals surface area contributed by atoms with Crippen molar-refractivity contribution in [1.82, 2.24) is 4.90 Å². The summed E-state index contributed by atoms with van der Waals surface area (Å²) in [5, 5.41) is 0. The summed E-state index contributed by atoms with van der Waals surface area (Å²) in [6.45, 7) is 7.67. The van der Waals surface area contributed by atoms with Crippen molar-refractivity contribution in [3.8, 4) is 0 Å². The van der Waals surface area contributed by atoms with E-state index in [-0.39, 0.29) is 5.54 Å². The van der Waals surface area contributed by atoms with E-state index in [1.54, 1.807) is 0 Å². The molecule has 0 bridgehead atoms. The van der Waals surface area contributed by atoms with Crippen molar-refractivity contribution in [1.29, 1.82) is 0 Å². The van der Waals surface area contributed by atoms with Crippen LogP contribution >= 0.6 is 0 Å². The molecule has 0 spiro atoms. The molecule has 0 heterocycles. The predicted molar refractivity (Wildman–Crippen MR) is 66.9 cm³/mol. The van der Waals surface area contributed by atoms with Gasteiger partial charge in [-0.2, -0.15) is 0 Å². The molecule has 2 atom stereocenters. The molecule has 0 aromatic rings. The van der Waals surface area contributed by atoms with Gasteiger partial charge in [-0.3, -0.25) is 4.90 Å². The lowest BCUT2D eigenvalue weighted by molar-refractivity contribution is 0.0338. The van der Waals surface area contributed by atoms with Gasteiger partial charge < -0.3 is 5.73 Å². The van der Waals surface area contributed by atoms with Crippen LogP contribution in [0.3, 0.4) is 0 Å². The summed E-state index contributed by atoms with van der Waals surface area (Å²) in [5.74, 6) is 0.892. The first kappa shape index (κ1) is 13.0. The largest absolute Gasteiger partial charge is 0.329 e. The van der Waals surface area contributed by atoms with E-state index in [9.17, 15) is 0 Å². The molecule has 2 N–H and O–H groups in total. The second-order valence-electron chi connectivity index (χ2n) is 5.50. The van der Waals surface area contributed by atoms with Gasteiger partial charge in [-0.15, -0.1) is 0 Å². The van der Waals surface area contributed by atoms with Crippen LogP contribution in [0, 0.1) is 5.92 Å². The second-order valence-corrected chi connectivity index (χ2v) is 5.50. The number of likely N-dealkylation sites (N-methyl/N-ethyl adjacent to an activating group) is 1. The quantitative estimate of drug-likeness (QED) is 0.776. The number of hydrogen-bond donors (Lipinski definition) is 1. The van der Waals surface area contributed by atoms with Crippen molar-refractivity contribution in [3.63, 3.8) is 0 Å². The Hall–Kier alpha value is -0.0800. The third kappa shape index (κ3) is 2.73. The minimum absolute atomic E-state index is 0.285. The van der Waals surface area contributed by atoms with Crippen LogP contribution in [-0.4, -0.2) is 30.1 Å². The molecule has 0 aliphatic heterocycles. The van der Waals surface area contributed by atoms with Gasteiger partial charge in [-0.1, -0.05) is 26.2 Å². The minimum Gasteiger partial charge on any atom is -0.329 e. The summed E-state index contributed by atoms with van der Waals surface area (Å²) in [4.78, 5) is 2.51. The van der Waals surface area contributed by atoms with Crippen LogP contribution in [-0.2, 0) is 0 Å². The molecule has 0 amide bonds. The zero-order chi connectivity index (χ0) is 11.5. The average Bonchev–Trinajstić information content (AvgIpc) is 2.27. The Balaban J connectivity index is 2.74. The highest BCUT2D eigenvalue weighted by Gasteiger charge is 2.38. The van der Waals surface area contributed by atoms with Crippen LogP contribution in [0.5, 0.6) is 0 Å². The third-order valence-electron chi connectivity index (χ3n) is 4.40. The summed E-state index contributed by atoms with van der Waals surface area (Å²) in [6, 6.07) is 0.601. The summed E-state index contributed by atoms with van der Waals surface area (Å²) in [5.41, 5.74) is 6.34. The summed E-state index contributed by atoms with van der Waals surface area (Å²) in [6.07, 6.45) is 6.66. The van der Waals surface area contributed by atoms with E-state index in [2.05, 4.69) is 32.7 Å². The van der Waals surface area contributed by atoms with E-state index >= 15 is 0 Å². The molecule has 1 fully saturated rings. The van der Waals surface area contributed by atoms with Crippen LogP contribution in [0.1, 0.15) is 52.9 Å². The van der Waals surface area contributed by atoms with Crippen LogP contribution in [0.4, 0.5) is 0 Å². The maximum atomic E-state index is 6.05. The molecular weight excluding hydrogens is 184 g/mol. The average molecular weight is 212 g/mol. The highest BCUT2D eigenvalue weighted by atomic mass is 15.2. The summed E-state index contributed by atoms with van der Waals surface area (Å²) in [7, 11) is 2.25. The fourth-order valence-corrected chi connectivity index (χ4v) is 3.01. The van der Waals surface area contributed by atoms with Gasteiger partial charge in [0.15, 0.2) is 0 Å². The maximum absolute atomic E-state index is 6.05. The molecule has 2 heteroatoms. The van der Waals surface area contributed by atoms with Crippen molar-refractivity contribution in [2.24, 2.45) is 11.7 Å². The first-order valence-electron chi connectivity index (χ1n) is 6.48. The Morgan fingerprint density at radius 1 is 1.47 bits per heavy atom. The van der Waals surface area contributed by atoms with Gasteiger partial charge in [0.25, 0.3) is 0 Å². The smallest absolute Gasteiger partial charge is 0.0334 e. The van der Waals surface area contributed by atoms with Crippen molar-refractivity contribution in [2.45, 2.75) is 64.5 Å². The lowest BCUT2D eigenvalue weighted by atomic mass is 9.73. The Bertz CT molecular complexity index is 191. The lowest BCUT2D eigenvalue weighted by Crippen LogP contribution is -2.56. The first-order valence-corrected chi connectivity index (χ1v) is 6.48. The summed E-state index contributed by atoms with van der Waals surface area (Å²) < 4.78 is 0. The molecule has 15 heavy (non-hydrogen) atoms. The number of nitrogens with zero attached hydrogens (tertiary/aromatic N) is 1. The van der Waals surface area contributed by atoms with Gasteiger partial charge in [0.05, 0.1) is 0 Å². The molecular formula is C13H28N2. The van der Waals surface area contributed by atoms with Crippen molar-refractivity contribution < 1.29 is 0 Å². The standard InChI is InChI=1S/C13H28N2/c1-5-12-7-6-8-13(9-12,10-14)15(4)11(2)3/h11-12H,5-10,14H2,1-4H3. The highest BCUT2D eigenvalue weighted by Crippen LogP contribution is 2.37. The number of rotatable bonds is 4. The molecule has 2 nitrogen and oxygen atoms in total. The molecule has 0 radical (unpaired) electrons. The predicted octanol–water partition coefficient (Wildman–Crippen LogP) is 2.62. The molecule has 2 unspecified atom stereocenters. The lowest BCUT2D eigenvalue weighted by Gasteiger charge is -2.48. The number of nitrogens with two attached hydrogens (primary N) is 1. The van der Waals surface area contributed by atoms with Crippen molar-refractivity contribution in [3.05, 3.63) is 0 Å². The topological polar surface area (TPSA) is 29.3 Å². The van der Waals surface area contributed by atoms with Gasteiger partial charge >= 0.3 is 0 Å². The van der Waals surface area contributed by atoms with E-state index in [1.807, 2.05) is 0 Å². The Kier molecular flexibility index (Phi) is 4.60. The fourth-order valence-electron chi connectivity index (χ4n) is 3.01. The van der Waals surface area contributed by atoms with E-state index in [0.717, 1.165) is 12.5 Å². The molecule has 90 valence electrons. The Labute approximate surface area is 95.2 Å². The van der Waals surface area contributed by atoms with Gasteiger partial charge in [0, 0.05) is 18.1 Å². The van der Waals surface area contributed by atoms with Gasteiger partial charge in [-0.05, 0) is 39.7 Å². The van der Waals surface area contributed by atoms with E-state index in [1.165, 1.54) is 32.1 Å². The number of hydrogen-bond acceptors (Lipinski definition) is 2. The molecule has 0 saturated heterocycles. The SMILES string of the molecule is CCC1CCCC(CN)(N(C)C(C)C)C1. The molecule has 1 rings (SSSR count). The molecule has 1 aliphatic carbocycles. The van der Waals surface area contributed by atoms with Crippen LogP contribution in [0.15, 0.2) is 0 Å². The van der Waals surface area contributed by atoms with Crippen LogP contribution in [0.25, 0.3) is 0 Å². The first-order chi connectivity index (χ1) is 7.05. The van der Waals surface area contributed by atoms with Crippen molar-refractivity contribution in [2.75, 3.05) is 13.6 Å². The minimum atomic E-state index is 0.285. The van der Waals surface area contributed by atoms with Crippen LogP contribution < -0.4 is 5.73 Å². The Morgan fingerprint density at radius 3 is 2.60 bits per heavy atom. The summed E-state index contributed by atoms with van der Waals surface area (Å²) >= 11 is 0. The van der Waals surface area contributed by atoms with Gasteiger partial charge in [-0.25, -0.2) is 0 Å². The van der Waals surface area contributed by atoms with E-state index in [0.29, 0.717) is 6.04 Å². The second kappa shape index (κ2) is 5.31. The van der Waals surface area contributed by atoms with E-state index in [4.69, 9.17) is 5.73 Å². The zero-order valence-electron chi connectivity index (χ0n) is 10.9. The molecule has 1 aliphatic rings.